The van der Waals surface area contributed by atoms with Crippen LogP contribution in [-0.4, -0.2) is 48.9 Å². The van der Waals surface area contributed by atoms with Gasteiger partial charge in [0, 0.05) is 43.6 Å². The standard InChI is InChI=1S/C19H26N6O/c26-19(16-11-15(20-21-16)13-7-8-13)24-9-4-5-14(12-24)18-23-22-17-6-2-1-3-10-25(17)18/h11,13-14H,1-10,12H2,(H,20,21). The maximum atomic E-state index is 12.9. The average molecular weight is 354 g/mol. The Labute approximate surface area is 153 Å². The van der Waals surface area contributed by atoms with Crippen LogP contribution in [0.3, 0.4) is 0 Å². The van der Waals surface area contributed by atoms with E-state index in [9.17, 15) is 4.79 Å². The van der Waals surface area contributed by atoms with Crippen molar-refractivity contribution in [2.24, 2.45) is 0 Å². The maximum Gasteiger partial charge on any atom is 0.274 e. The molecule has 2 fully saturated rings. The minimum atomic E-state index is 0.0495. The Morgan fingerprint density at radius 1 is 1.04 bits per heavy atom. The van der Waals surface area contributed by atoms with Crippen molar-refractivity contribution in [3.8, 4) is 0 Å². The molecule has 2 aliphatic heterocycles. The molecular weight excluding hydrogens is 328 g/mol. The van der Waals surface area contributed by atoms with Crippen molar-refractivity contribution >= 4 is 5.91 Å². The Bertz CT molecular complexity index is 805. The minimum absolute atomic E-state index is 0.0495. The van der Waals surface area contributed by atoms with Crippen LogP contribution in [0.4, 0.5) is 0 Å². The van der Waals surface area contributed by atoms with Crippen molar-refractivity contribution in [1.29, 1.82) is 0 Å². The Morgan fingerprint density at radius 3 is 2.85 bits per heavy atom. The van der Waals surface area contributed by atoms with E-state index in [2.05, 4.69) is 25.0 Å². The highest BCUT2D eigenvalue weighted by molar-refractivity contribution is 5.92. The molecule has 1 N–H and O–H groups in total. The summed E-state index contributed by atoms with van der Waals surface area (Å²) in [6, 6.07) is 1.95. The molecule has 5 rings (SSSR count). The van der Waals surface area contributed by atoms with E-state index in [4.69, 9.17) is 0 Å². The van der Waals surface area contributed by atoms with Crippen LogP contribution < -0.4 is 0 Å². The van der Waals surface area contributed by atoms with Crippen molar-refractivity contribution in [2.45, 2.75) is 69.7 Å². The van der Waals surface area contributed by atoms with Crippen LogP contribution in [-0.2, 0) is 13.0 Å². The number of likely N-dealkylation sites (tertiary alicyclic amines) is 1. The Hall–Kier alpha value is -2.18. The summed E-state index contributed by atoms with van der Waals surface area (Å²) in [4.78, 5) is 14.9. The number of aromatic amines is 1. The second-order valence-electron chi connectivity index (χ2n) is 8.01. The molecule has 0 radical (unpaired) electrons. The van der Waals surface area contributed by atoms with Crippen LogP contribution in [0.25, 0.3) is 0 Å². The molecule has 1 aliphatic carbocycles. The lowest BCUT2D eigenvalue weighted by Gasteiger charge is -2.32. The van der Waals surface area contributed by atoms with E-state index in [-0.39, 0.29) is 11.8 Å². The molecule has 1 atom stereocenters. The van der Waals surface area contributed by atoms with Crippen molar-refractivity contribution < 1.29 is 4.79 Å². The molecule has 2 aromatic heterocycles. The minimum Gasteiger partial charge on any atom is -0.337 e. The quantitative estimate of drug-likeness (QED) is 0.919. The fourth-order valence-corrected chi connectivity index (χ4v) is 4.39. The first-order chi connectivity index (χ1) is 12.8. The number of hydrogen-bond acceptors (Lipinski definition) is 4. The summed E-state index contributed by atoms with van der Waals surface area (Å²) < 4.78 is 2.32. The van der Waals surface area contributed by atoms with Gasteiger partial charge in [-0.25, -0.2) is 0 Å². The number of piperidine rings is 1. The summed E-state index contributed by atoms with van der Waals surface area (Å²) in [5.74, 6) is 3.13. The second-order valence-corrected chi connectivity index (χ2v) is 8.01. The zero-order valence-corrected chi connectivity index (χ0v) is 15.2. The molecule has 1 unspecified atom stereocenters. The van der Waals surface area contributed by atoms with E-state index >= 15 is 0 Å². The summed E-state index contributed by atoms with van der Waals surface area (Å²) in [5.41, 5.74) is 1.68. The van der Waals surface area contributed by atoms with Gasteiger partial charge in [-0.3, -0.25) is 9.89 Å². The van der Waals surface area contributed by atoms with Gasteiger partial charge in [0.1, 0.15) is 17.3 Å². The summed E-state index contributed by atoms with van der Waals surface area (Å²) in [7, 11) is 0. The number of rotatable bonds is 3. The lowest BCUT2D eigenvalue weighted by atomic mass is 9.96. The first-order valence-corrected chi connectivity index (χ1v) is 10.1. The van der Waals surface area contributed by atoms with Crippen LogP contribution in [0.15, 0.2) is 6.07 Å². The fraction of sp³-hybridized carbons (Fsp3) is 0.684. The molecule has 2 aromatic rings. The number of aromatic nitrogens is 5. The van der Waals surface area contributed by atoms with E-state index in [1.807, 2.05) is 11.0 Å². The molecule has 7 nitrogen and oxygen atoms in total. The van der Waals surface area contributed by atoms with Crippen molar-refractivity contribution in [1.82, 2.24) is 29.9 Å². The molecule has 4 heterocycles. The Morgan fingerprint density at radius 2 is 1.96 bits per heavy atom. The van der Waals surface area contributed by atoms with E-state index in [1.54, 1.807) is 0 Å². The first-order valence-electron chi connectivity index (χ1n) is 10.1. The predicted octanol–water partition coefficient (Wildman–Crippen LogP) is 2.62. The highest BCUT2D eigenvalue weighted by Gasteiger charge is 2.32. The van der Waals surface area contributed by atoms with Crippen molar-refractivity contribution in [3.63, 3.8) is 0 Å². The van der Waals surface area contributed by atoms with E-state index in [1.165, 1.54) is 32.1 Å². The number of hydrogen-bond donors (Lipinski definition) is 1. The maximum absolute atomic E-state index is 12.9. The SMILES string of the molecule is O=C(c1cc(C2CC2)[nH]n1)N1CCCC(c2nnc3n2CCCCC3)C1. The van der Waals surface area contributed by atoms with Crippen molar-refractivity contribution in [3.05, 3.63) is 29.1 Å². The van der Waals surface area contributed by atoms with Gasteiger partial charge >= 0.3 is 0 Å². The van der Waals surface area contributed by atoms with Crippen molar-refractivity contribution in [2.75, 3.05) is 13.1 Å². The molecule has 0 aromatic carbocycles. The highest BCUT2D eigenvalue weighted by Crippen LogP contribution is 2.39. The zero-order valence-electron chi connectivity index (χ0n) is 15.2. The van der Waals surface area contributed by atoms with Gasteiger partial charge in [-0.1, -0.05) is 6.42 Å². The third-order valence-electron chi connectivity index (χ3n) is 6.05. The van der Waals surface area contributed by atoms with Crippen LogP contribution in [0.1, 0.15) is 84.6 Å². The molecule has 0 spiro atoms. The molecule has 138 valence electrons. The lowest BCUT2D eigenvalue weighted by molar-refractivity contribution is 0.0697. The highest BCUT2D eigenvalue weighted by atomic mass is 16.2. The summed E-state index contributed by atoms with van der Waals surface area (Å²) in [6.07, 6.45) is 9.20. The number of aryl methyl sites for hydroxylation is 1. The Kier molecular flexibility index (Phi) is 4.02. The fourth-order valence-electron chi connectivity index (χ4n) is 4.39. The van der Waals surface area contributed by atoms with Gasteiger partial charge in [-0.05, 0) is 44.6 Å². The third kappa shape index (κ3) is 2.93. The van der Waals surface area contributed by atoms with Crippen LogP contribution in [0.2, 0.25) is 0 Å². The monoisotopic (exact) mass is 354 g/mol. The Balaban J connectivity index is 1.33. The zero-order chi connectivity index (χ0) is 17.5. The number of fused-ring (bicyclic) bond motifs is 1. The normalized spacial score (nSPS) is 23.5. The summed E-state index contributed by atoms with van der Waals surface area (Å²) in [5, 5.41) is 16.3. The van der Waals surface area contributed by atoms with Crippen LogP contribution >= 0.6 is 0 Å². The number of nitrogens with zero attached hydrogens (tertiary/aromatic N) is 5. The molecule has 7 heteroatoms. The van der Waals surface area contributed by atoms with Gasteiger partial charge in [-0.2, -0.15) is 5.10 Å². The van der Waals surface area contributed by atoms with Gasteiger partial charge in [-0.15, -0.1) is 10.2 Å². The third-order valence-corrected chi connectivity index (χ3v) is 6.05. The average Bonchev–Trinajstić information content (AvgIpc) is 3.35. The smallest absolute Gasteiger partial charge is 0.274 e. The van der Waals surface area contributed by atoms with Gasteiger partial charge in [0.05, 0.1) is 0 Å². The summed E-state index contributed by atoms with van der Waals surface area (Å²) >= 11 is 0. The lowest BCUT2D eigenvalue weighted by Crippen LogP contribution is -2.40. The number of amides is 1. The van der Waals surface area contributed by atoms with Crippen LogP contribution in [0, 0.1) is 0 Å². The second kappa shape index (κ2) is 6.52. The number of nitrogens with one attached hydrogen (secondary N) is 1. The molecule has 3 aliphatic rings. The number of carbonyl (C=O) groups excluding carboxylic acids is 1. The van der Waals surface area contributed by atoms with Gasteiger partial charge in [0.2, 0.25) is 0 Å². The number of carbonyl (C=O) groups is 1. The molecule has 1 saturated carbocycles. The van der Waals surface area contributed by atoms with E-state index in [0.29, 0.717) is 11.6 Å². The topological polar surface area (TPSA) is 79.7 Å². The van der Waals surface area contributed by atoms with Crippen LogP contribution in [0.5, 0.6) is 0 Å². The molecule has 0 bridgehead atoms. The predicted molar refractivity (Wildman–Crippen MR) is 96.0 cm³/mol. The summed E-state index contributed by atoms with van der Waals surface area (Å²) in [6.45, 7) is 2.55. The molecular formula is C19H26N6O. The van der Waals surface area contributed by atoms with E-state index in [0.717, 1.165) is 56.2 Å². The first kappa shape index (κ1) is 16.0. The number of H-pyrrole nitrogens is 1. The van der Waals surface area contributed by atoms with E-state index < -0.39 is 0 Å². The molecule has 1 amide bonds. The largest absolute Gasteiger partial charge is 0.337 e. The van der Waals surface area contributed by atoms with Gasteiger partial charge < -0.3 is 9.47 Å². The molecule has 1 saturated heterocycles. The van der Waals surface area contributed by atoms with Gasteiger partial charge in [0.25, 0.3) is 5.91 Å². The molecule has 26 heavy (non-hydrogen) atoms. The van der Waals surface area contributed by atoms with Gasteiger partial charge in [0.15, 0.2) is 0 Å².